The molecule has 0 amide bonds. The van der Waals surface area contributed by atoms with Crippen molar-refractivity contribution < 1.29 is 9.53 Å². The van der Waals surface area contributed by atoms with Gasteiger partial charge in [0.05, 0.1) is 7.11 Å². The van der Waals surface area contributed by atoms with Gasteiger partial charge >= 0.3 is 5.97 Å². The third-order valence-corrected chi connectivity index (χ3v) is 2.46. The maximum atomic E-state index is 11.3. The number of ether oxygens (including phenoxy) is 1. The van der Waals surface area contributed by atoms with Crippen LogP contribution in [0.2, 0.25) is 0 Å². The van der Waals surface area contributed by atoms with E-state index in [9.17, 15) is 4.79 Å². The lowest BCUT2D eigenvalue weighted by atomic mass is 10.1. The van der Waals surface area contributed by atoms with E-state index in [-0.39, 0.29) is 5.97 Å². The van der Waals surface area contributed by atoms with Gasteiger partial charge in [-0.25, -0.2) is 4.79 Å². The fraction of sp³-hybridized carbons (Fsp3) is 0.250. The molecule has 1 aromatic rings. The summed E-state index contributed by atoms with van der Waals surface area (Å²) in [6, 6.07) is 6.21. The number of carbonyl (C=O) groups excluding carboxylic acids is 1. The van der Waals surface area contributed by atoms with Crippen molar-refractivity contribution in [2.75, 3.05) is 7.11 Å². The number of rotatable bonds is 1. The van der Waals surface area contributed by atoms with E-state index in [4.69, 9.17) is 0 Å². The SMILES string of the molecule is COC(=O)C1=Cc2ccc(C)cc2C1. The summed E-state index contributed by atoms with van der Waals surface area (Å²) in [7, 11) is 1.41. The Kier molecular flexibility index (Phi) is 2.12. The predicted octanol–water partition coefficient (Wildman–Crippen LogP) is 2.11. The lowest BCUT2D eigenvalue weighted by Crippen LogP contribution is -2.03. The summed E-state index contributed by atoms with van der Waals surface area (Å²) in [4.78, 5) is 11.3. The van der Waals surface area contributed by atoms with Crippen LogP contribution in [0.25, 0.3) is 6.08 Å². The van der Waals surface area contributed by atoms with E-state index in [1.54, 1.807) is 0 Å². The summed E-state index contributed by atoms with van der Waals surface area (Å²) in [6.45, 7) is 2.05. The topological polar surface area (TPSA) is 26.3 Å². The number of hydrogen-bond acceptors (Lipinski definition) is 2. The van der Waals surface area contributed by atoms with Crippen LogP contribution in [0.4, 0.5) is 0 Å². The Balaban J connectivity index is 2.32. The van der Waals surface area contributed by atoms with Crippen molar-refractivity contribution in [2.24, 2.45) is 0 Å². The second-order valence-electron chi connectivity index (χ2n) is 3.54. The molecule has 0 saturated heterocycles. The molecule has 1 aliphatic carbocycles. The summed E-state index contributed by atoms with van der Waals surface area (Å²) >= 11 is 0. The standard InChI is InChI=1S/C12H12O2/c1-8-3-4-9-6-11(12(13)14-2)7-10(9)5-8/h3-6H,7H2,1-2H3. The zero-order valence-corrected chi connectivity index (χ0v) is 8.33. The predicted molar refractivity (Wildman–Crippen MR) is 54.9 cm³/mol. The maximum absolute atomic E-state index is 11.3. The summed E-state index contributed by atoms with van der Waals surface area (Å²) in [5.41, 5.74) is 4.32. The second kappa shape index (κ2) is 3.29. The summed E-state index contributed by atoms with van der Waals surface area (Å²) < 4.78 is 4.69. The number of hydrogen-bond donors (Lipinski definition) is 0. The van der Waals surface area contributed by atoms with Crippen molar-refractivity contribution in [2.45, 2.75) is 13.3 Å². The van der Waals surface area contributed by atoms with Gasteiger partial charge in [0.2, 0.25) is 0 Å². The molecular formula is C12H12O2. The van der Waals surface area contributed by atoms with Crippen LogP contribution < -0.4 is 0 Å². The maximum Gasteiger partial charge on any atom is 0.334 e. The van der Waals surface area contributed by atoms with Crippen LogP contribution in [0, 0.1) is 6.92 Å². The molecule has 0 saturated carbocycles. The molecule has 1 aliphatic rings. The summed E-state index contributed by atoms with van der Waals surface area (Å²) in [5.74, 6) is -0.223. The van der Waals surface area contributed by atoms with Crippen LogP contribution in [-0.2, 0) is 16.0 Å². The van der Waals surface area contributed by atoms with Crippen LogP contribution >= 0.6 is 0 Å². The lowest BCUT2D eigenvalue weighted by Gasteiger charge is -2.00. The number of carbonyl (C=O) groups is 1. The van der Waals surface area contributed by atoms with Gasteiger partial charge in [0.1, 0.15) is 0 Å². The third-order valence-electron chi connectivity index (χ3n) is 2.46. The zero-order valence-electron chi connectivity index (χ0n) is 8.33. The highest BCUT2D eigenvalue weighted by molar-refractivity contribution is 5.96. The monoisotopic (exact) mass is 188 g/mol. The van der Waals surface area contributed by atoms with Gasteiger partial charge in [-0.15, -0.1) is 0 Å². The van der Waals surface area contributed by atoms with Gasteiger partial charge in [-0.05, 0) is 24.1 Å². The van der Waals surface area contributed by atoms with E-state index in [1.165, 1.54) is 18.2 Å². The average Bonchev–Trinajstić information content (AvgIpc) is 2.59. The average molecular weight is 188 g/mol. The molecule has 0 aliphatic heterocycles. The fourth-order valence-electron chi connectivity index (χ4n) is 1.73. The van der Waals surface area contributed by atoms with E-state index in [0.717, 1.165) is 11.1 Å². The van der Waals surface area contributed by atoms with Crippen molar-refractivity contribution >= 4 is 12.0 Å². The van der Waals surface area contributed by atoms with Gasteiger partial charge in [-0.3, -0.25) is 0 Å². The molecule has 0 N–H and O–H groups in total. The largest absolute Gasteiger partial charge is 0.466 e. The van der Waals surface area contributed by atoms with E-state index in [2.05, 4.69) is 23.8 Å². The van der Waals surface area contributed by atoms with Crippen molar-refractivity contribution in [3.63, 3.8) is 0 Å². The molecule has 2 heteroatoms. The zero-order chi connectivity index (χ0) is 10.1. The van der Waals surface area contributed by atoms with E-state index in [1.807, 2.05) is 12.1 Å². The normalized spacial score (nSPS) is 13.4. The Morgan fingerprint density at radius 3 is 2.93 bits per heavy atom. The quantitative estimate of drug-likeness (QED) is 0.631. The molecule has 1 aromatic carbocycles. The molecule has 0 bridgehead atoms. The molecule has 72 valence electrons. The number of aryl methyl sites for hydroxylation is 1. The number of esters is 1. The minimum atomic E-state index is -0.223. The molecule has 14 heavy (non-hydrogen) atoms. The Bertz CT molecular complexity index is 416. The minimum Gasteiger partial charge on any atom is -0.466 e. The highest BCUT2D eigenvalue weighted by Crippen LogP contribution is 2.26. The van der Waals surface area contributed by atoms with Crippen LogP contribution in [0.1, 0.15) is 16.7 Å². The Morgan fingerprint density at radius 2 is 2.21 bits per heavy atom. The highest BCUT2D eigenvalue weighted by atomic mass is 16.5. The number of methoxy groups -OCH3 is 1. The van der Waals surface area contributed by atoms with Gasteiger partial charge in [-0.1, -0.05) is 23.8 Å². The van der Waals surface area contributed by atoms with Crippen LogP contribution in [-0.4, -0.2) is 13.1 Å². The first-order valence-electron chi connectivity index (χ1n) is 4.59. The van der Waals surface area contributed by atoms with Gasteiger partial charge in [0.25, 0.3) is 0 Å². The molecule has 0 unspecified atom stereocenters. The van der Waals surface area contributed by atoms with Crippen LogP contribution in [0.15, 0.2) is 23.8 Å². The third kappa shape index (κ3) is 1.43. The van der Waals surface area contributed by atoms with Crippen molar-refractivity contribution in [1.82, 2.24) is 0 Å². The van der Waals surface area contributed by atoms with Crippen LogP contribution in [0.5, 0.6) is 0 Å². The van der Waals surface area contributed by atoms with Crippen LogP contribution in [0.3, 0.4) is 0 Å². The molecule has 0 aromatic heterocycles. The molecule has 0 spiro atoms. The highest BCUT2D eigenvalue weighted by Gasteiger charge is 2.18. The van der Waals surface area contributed by atoms with Gasteiger partial charge in [0, 0.05) is 12.0 Å². The minimum absolute atomic E-state index is 0.223. The van der Waals surface area contributed by atoms with E-state index < -0.39 is 0 Å². The van der Waals surface area contributed by atoms with Crippen molar-refractivity contribution in [3.05, 3.63) is 40.5 Å². The summed E-state index contributed by atoms with van der Waals surface area (Å²) in [6.07, 6.45) is 2.60. The fourth-order valence-corrected chi connectivity index (χ4v) is 1.73. The molecule has 2 nitrogen and oxygen atoms in total. The first-order chi connectivity index (χ1) is 6.70. The van der Waals surface area contributed by atoms with Gasteiger partial charge < -0.3 is 4.74 Å². The lowest BCUT2D eigenvalue weighted by molar-refractivity contribution is -0.136. The number of fused-ring (bicyclic) bond motifs is 1. The first kappa shape index (κ1) is 9.00. The van der Waals surface area contributed by atoms with Crippen molar-refractivity contribution in [1.29, 1.82) is 0 Å². The Morgan fingerprint density at radius 1 is 1.43 bits per heavy atom. The molecule has 0 atom stereocenters. The second-order valence-corrected chi connectivity index (χ2v) is 3.54. The Hall–Kier alpha value is -1.57. The molecule has 0 fully saturated rings. The van der Waals surface area contributed by atoms with Gasteiger partial charge in [-0.2, -0.15) is 0 Å². The smallest absolute Gasteiger partial charge is 0.334 e. The van der Waals surface area contributed by atoms with E-state index >= 15 is 0 Å². The van der Waals surface area contributed by atoms with Crippen molar-refractivity contribution in [3.8, 4) is 0 Å². The first-order valence-corrected chi connectivity index (χ1v) is 4.59. The van der Waals surface area contributed by atoms with Gasteiger partial charge in [0.15, 0.2) is 0 Å². The van der Waals surface area contributed by atoms with E-state index in [0.29, 0.717) is 6.42 Å². The molecule has 0 heterocycles. The summed E-state index contributed by atoms with van der Waals surface area (Å²) in [5, 5.41) is 0. The molecule has 0 radical (unpaired) electrons. The Labute approximate surface area is 83.2 Å². The number of benzene rings is 1. The molecule has 2 rings (SSSR count). The molecular weight excluding hydrogens is 176 g/mol.